The van der Waals surface area contributed by atoms with Crippen LogP contribution in [0.3, 0.4) is 0 Å². The first-order valence-electron chi connectivity index (χ1n) is 4.40. The van der Waals surface area contributed by atoms with Crippen LogP contribution in [-0.4, -0.2) is 14.4 Å². The van der Waals surface area contributed by atoms with Crippen molar-refractivity contribution in [2.24, 2.45) is 5.92 Å². The molecule has 0 spiro atoms. The maximum atomic E-state index is 5.92. The quantitative estimate of drug-likeness (QED) is 0.481. The molecule has 0 aliphatic heterocycles. The molecular weight excluding hydrogens is 164 g/mol. The van der Waals surface area contributed by atoms with Gasteiger partial charge in [0.15, 0.2) is 8.32 Å². The molecule has 2 heteroatoms. The highest BCUT2D eigenvalue weighted by atomic mass is 28.4. The second-order valence-electron chi connectivity index (χ2n) is 4.31. The second kappa shape index (κ2) is 4.66. The summed E-state index contributed by atoms with van der Waals surface area (Å²) in [6.07, 6.45) is 2.11. The highest BCUT2D eigenvalue weighted by Gasteiger charge is 2.21. The van der Waals surface area contributed by atoms with Crippen molar-refractivity contribution in [3.05, 3.63) is 18.4 Å². The molecule has 0 radical (unpaired) electrons. The summed E-state index contributed by atoms with van der Waals surface area (Å²) in [6, 6.07) is 0. The minimum atomic E-state index is -1.42. The van der Waals surface area contributed by atoms with Crippen molar-refractivity contribution in [3.63, 3.8) is 0 Å². The Morgan fingerprint density at radius 3 is 2.08 bits per heavy atom. The van der Waals surface area contributed by atoms with Gasteiger partial charge in [-0.05, 0) is 31.6 Å². The van der Waals surface area contributed by atoms with Crippen LogP contribution in [0.4, 0.5) is 0 Å². The lowest BCUT2D eigenvalue weighted by atomic mass is 10.1. The summed E-state index contributed by atoms with van der Waals surface area (Å²) in [4.78, 5) is 0. The average molecular weight is 184 g/mol. The standard InChI is InChI=1S/C10H20OSi/c1-7-8-10(9(2)3)11-12(4,5)6/h8-10H,1H2,2-6H3/t10-/m1/s1. The first-order chi connectivity index (χ1) is 5.37. The van der Waals surface area contributed by atoms with Gasteiger partial charge in [-0.1, -0.05) is 20.4 Å². The molecule has 0 saturated carbocycles. The fourth-order valence-electron chi connectivity index (χ4n) is 0.887. The normalized spacial score (nSPS) is 14.2. The molecule has 0 aromatic heterocycles. The molecule has 0 amide bonds. The summed E-state index contributed by atoms with van der Waals surface area (Å²) in [7, 11) is -1.42. The van der Waals surface area contributed by atoms with Gasteiger partial charge >= 0.3 is 0 Å². The highest BCUT2D eigenvalue weighted by Crippen LogP contribution is 2.14. The van der Waals surface area contributed by atoms with Crippen LogP contribution < -0.4 is 0 Å². The molecule has 0 aliphatic carbocycles. The molecule has 0 fully saturated rings. The van der Waals surface area contributed by atoms with Gasteiger partial charge in [0.2, 0.25) is 0 Å². The van der Waals surface area contributed by atoms with E-state index in [0.717, 1.165) is 0 Å². The molecule has 0 N–H and O–H groups in total. The van der Waals surface area contributed by atoms with Crippen LogP contribution >= 0.6 is 0 Å². The molecule has 0 bridgehead atoms. The largest absolute Gasteiger partial charge is 0.410 e. The number of rotatable bonds is 4. The Labute approximate surface area is 77.3 Å². The Morgan fingerprint density at radius 2 is 1.83 bits per heavy atom. The van der Waals surface area contributed by atoms with Crippen molar-refractivity contribution in [3.8, 4) is 0 Å². The van der Waals surface area contributed by atoms with E-state index in [1.165, 1.54) is 0 Å². The predicted octanol–water partition coefficient (Wildman–Crippen LogP) is 3.20. The Hall–Kier alpha value is -0.303. The maximum Gasteiger partial charge on any atom is 0.184 e. The summed E-state index contributed by atoms with van der Waals surface area (Å²) in [6.45, 7) is 14.5. The van der Waals surface area contributed by atoms with Gasteiger partial charge in [0.05, 0.1) is 6.10 Å². The van der Waals surface area contributed by atoms with Crippen LogP contribution in [0.1, 0.15) is 13.8 Å². The van der Waals surface area contributed by atoms with Gasteiger partial charge in [0, 0.05) is 0 Å². The summed E-state index contributed by atoms with van der Waals surface area (Å²) in [5, 5.41) is 0. The smallest absolute Gasteiger partial charge is 0.184 e. The third-order valence-electron chi connectivity index (χ3n) is 1.43. The van der Waals surface area contributed by atoms with E-state index in [9.17, 15) is 0 Å². The number of hydrogen-bond acceptors (Lipinski definition) is 1. The minimum absolute atomic E-state index is 0.189. The van der Waals surface area contributed by atoms with Gasteiger partial charge in [-0.25, -0.2) is 0 Å². The molecule has 0 saturated heterocycles. The van der Waals surface area contributed by atoms with Crippen LogP contribution in [0.25, 0.3) is 0 Å². The Balaban J connectivity index is 4.24. The van der Waals surface area contributed by atoms with E-state index in [0.29, 0.717) is 5.92 Å². The fraction of sp³-hybridized carbons (Fsp3) is 0.700. The van der Waals surface area contributed by atoms with E-state index in [2.05, 4.69) is 45.8 Å². The molecule has 12 heavy (non-hydrogen) atoms. The van der Waals surface area contributed by atoms with Crippen molar-refractivity contribution in [1.29, 1.82) is 0 Å². The molecule has 0 aromatic carbocycles. The van der Waals surface area contributed by atoms with Crippen molar-refractivity contribution in [1.82, 2.24) is 0 Å². The van der Waals surface area contributed by atoms with Gasteiger partial charge in [0.25, 0.3) is 0 Å². The second-order valence-corrected chi connectivity index (χ2v) is 8.77. The summed E-state index contributed by atoms with van der Waals surface area (Å²) in [5.41, 5.74) is 2.79. The highest BCUT2D eigenvalue weighted by molar-refractivity contribution is 6.69. The zero-order chi connectivity index (χ0) is 9.78. The SMILES string of the molecule is C=C=C[C@@H](O[Si](C)(C)C)C(C)C. The first-order valence-corrected chi connectivity index (χ1v) is 7.81. The van der Waals surface area contributed by atoms with E-state index >= 15 is 0 Å². The first kappa shape index (κ1) is 11.7. The fourth-order valence-corrected chi connectivity index (χ4v) is 2.04. The van der Waals surface area contributed by atoms with E-state index in [1.54, 1.807) is 0 Å². The third kappa shape index (κ3) is 5.36. The summed E-state index contributed by atoms with van der Waals surface area (Å²) in [5.74, 6) is 0.506. The minimum Gasteiger partial charge on any atom is -0.410 e. The topological polar surface area (TPSA) is 9.23 Å². The zero-order valence-corrected chi connectivity index (χ0v) is 9.85. The summed E-state index contributed by atoms with van der Waals surface area (Å²) >= 11 is 0. The van der Waals surface area contributed by atoms with E-state index < -0.39 is 8.32 Å². The van der Waals surface area contributed by atoms with E-state index in [4.69, 9.17) is 4.43 Å². The lowest BCUT2D eigenvalue weighted by Gasteiger charge is -2.26. The summed E-state index contributed by atoms with van der Waals surface area (Å²) < 4.78 is 5.92. The van der Waals surface area contributed by atoms with Crippen molar-refractivity contribution >= 4 is 8.32 Å². The van der Waals surface area contributed by atoms with Gasteiger partial charge in [0.1, 0.15) is 0 Å². The molecule has 0 aliphatic rings. The molecule has 0 rings (SSSR count). The number of hydrogen-bond donors (Lipinski definition) is 0. The molecular formula is C10H20OSi. The van der Waals surface area contributed by atoms with Crippen LogP contribution in [0.5, 0.6) is 0 Å². The molecule has 1 nitrogen and oxygen atoms in total. The Bertz CT molecular complexity index is 173. The Kier molecular flexibility index (Phi) is 4.54. The Morgan fingerprint density at radius 1 is 1.33 bits per heavy atom. The van der Waals surface area contributed by atoms with Crippen LogP contribution in [-0.2, 0) is 4.43 Å². The van der Waals surface area contributed by atoms with Crippen molar-refractivity contribution in [2.45, 2.75) is 39.6 Å². The molecule has 0 heterocycles. The lowest BCUT2D eigenvalue weighted by molar-refractivity contribution is 0.190. The third-order valence-corrected chi connectivity index (χ3v) is 2.41. The zero-order valence-electron chi connectivity index (χ0n) is 8.85. The average Bonchev–Trinajstić information content (AvgIpc) is 1.83. The lowest BCUT2D eigenvalue weighted by Crippen LogP contribution is -2.33. The van der Waals surface area contributed by atoms with Gasteiger partial charge < -0.3 is 4.43 Å². The molecule has 1 atom stereocenters. The van der Waals surface area contributed by atoms with Gasteiger partial charge in [-0.2, -0.15) is 0 Å². The van der Waals surface area contributed by atoms with E-state index in [-0.39, 0.29) is 6.10 Å². The monoisotopic (exact) mass is 184 g/mol. The molecule has 0 aromatic rings. The predicted molar refractivity (Wildman–Crippen MR) is 56.8 cm³/mol. The van der Waals surface area contributed by atoms with Gasteiger partial charge in [-0.15, -0.1) is 5.73 Å². The van der Waals surface area contributed by atoms with Gasteiger partial charge in [-0.3, -0.25) is 0 Å². The maximum absolute atomic E-state index is 5.92. The van der Waals surface area contributed by atoms with Crippen molar-refractivity contribution < 1.29 is 4.43 Å². The van der Waals surface area contributed by atoms with Crippen LogP contribution in [0, 0.1) is 5.92 Å². The molecule has 0 unspecified atom stereocenters. The van der Waals surface area contributed by atoms with Crippen LogP contribution in [0.2, 0.25) is 19.6 Å². The van der Waals surface area contributed by atoms with Crippen molar-refractivity contribution in [2.75, 3.05) is 0 Å². The van der Waals surface area contributed by atoms with E-state index in [1.807, 2.05) is 6.08 Å². The molecule has 70 valence electrons. The van der Waals surface area contributed by atoms with Crippen LogP contribution in [0.15, 0.2) is 18.4 Å².